The van der Waals surface area contributed by atoms with Crippen molar-refractivity contribution in [1.82, 2.24) is 10.1 Å². The Morgan fingerprint density at radius 3 is 2.89 bits per heavy atom. The van der Waals surface area contributed by atoms with Crippen molar-refractivity contribution in [3.63, 3.8) is 0 Å². The Kier molecular flexibility index (Phi) is 3.66. The van der Waals surface area contributed by atoms with E-state index in [1.54, 1.807) is 0 Å². The van der Waals surface area contributed by atoms with Gasteiger partial charge in [0.15, 0.2) is 0 Å². The molecule has 0 spiro atoms. The number of halogens is 1. The molecule has 5 heteroatoms. The summed E-state index contributed by atoms with van der Waals surface area (Å²) in [5.41, 5.74) is 6.96. The number of rotatable bonds is 2. The van der Waals surface area contributed by atoms with Gasteiger partial charge in [0.1, 0.15) is 0 Å². The molecule has 0 radical (unpaired) electrons. The minimum atomic E-state index is 0.262. The molecule has 0 saturated heterocycles. The minimum Gasteiger partial charge on any atom is -0.339 e. The summed E-state index contributed by atoms with van der Waals surface area (Å²) in [4.78, 5) is 4.54. The Labute approximate surface area is 120 Å². The quantitative estimate of drug-likeness (QED) is 0.919. The lowest BCUT2D eigenvalue weighted by molar-refractivity contribution is 0.299. The first-order valence-electron chi connectivity index (χ1n) is 6.58. The van der Waals surface area contributed by atoms with Crippen LogP contribution in [0.5, 0.6) is 0 Å². The first-order chi connectivity index (χ1) is 9.24. The van der Waals surface area contributed by atoms with Crippen molar-refractivity contribution in [2.75, 3.05) is 0 Å². The number of benzene rings is 1. The normalized spacial score (nSPS) is 23.5. The largest absolute Gasteiger partial charge is 0.339 e. The fourth-order valence-electron chi connectivity index (χ4n) is 2.60. The van der Waals surface area contributed by atoms with Gasteiger partial charge in [-0.25, -0.2) is 0 Å². The third-order valence-corrected chi connectivity index (χ3v) is 4.31. The Hall–Kier alpha value is -1.20. The van der Waals surface area contributed by atoms with E-state index in [1.165, 1.54) is 0 Å². The van der Waals surface area contributed by atoms with Crippen LogP contribution >= 0.6 is 15.9 Å². The second-order valence-corrected chi connectivity index (χ2v) is 5.91. The van der Waals surface area contributed by atoms with E-state index >= 15 is 0 Å². The van der Waals surface area contributed by atoms with Gasteiger partial charge in [-0.2, -0.15) is 4.98 Å². The zero-order valence-electron chi connectivity index (χ0n) is 10.6. The lowest BCUT2D eigenvalue weighted by Crippen LogP contribution is -2.26. The lowest BCUT2D eigenvalue weighted by atomic mass is 9.86. The summed E-state index contributed by atoms with van der Waals surface area (Å²) >= 11 is 3.51. The van der Waals surface area contributed by atoms with Crippen molar-refractivity contribution < 1.29 is 4.52 Å². The van der Waals surface area contributed by atoms with E-state index in [0.29, 0.717) is 11.7 Å². The second kappa shape index (κ2) is 5.43. The molecule has 0 amide bonds. The van der Waals surface area contributed by atoms with Crippen molar-refractivity contribution in [2.45, 2.75) is 37.6 Å². The molecule has 4 nitrogen and oxygen atoms in total. The Bertz CT molecular complexity index is 569. The molecule has 2 atom stereocenters. The molecule has 1 fully saturated rings. The maximum atomic E-state index is 6.01. The molecule has 0 aliphatic heterocycles. The van der Waals surface area contributed by atoms with Gasteiger partial charge < -0.3 is 10.3 Å². The van der Waals surface area contributed by atoms with Crippen LogP contribution in [-0.2, 0) is 0 Å². The molecule has 1 aromatic heterocycles. The van der Waals surface area contributed by atoms with Crippen molar-refractivity contribution >= 4 is 15.9 Å². The van der Waals surface area contributed by atoms with Crippen LogP contribution in [0, 0.1) is 0 Å². The van der Waals surface area contributed by atoms with E-state index in [-0.39, 0.29) is 6.04 Å². The first kappa shape index (κ1) is 12.8. The van der Waals surface area contributed by atoms with Crippen LogP contribution in [0.2, 0.25) is 0 Å². The van der Waals surface area contributed by atoms with Crippen LogP contribution in [0.25, 0.3) is 11.4 Å². The van der Waals surface area contributed by atoms with E-state index in [1.807, 2.05) is 24.3 Å². The molecule has 19 heavy (non-hydrogen) atoms. The average Bonchev–Trinajstić information content (AvgIpc) is 2.89. The highest BCUT2D eigenvalue weighted by atomic mass is 79.9. The fourth-order valence-corrected chi connectivity index (χ4v) is 3.07. The summed E-state index contributed by atoms with van der Waals surface area (Å²) < 4.78 is 6.40. The van der Waals surface area contributed by atoms with Crippen LogP contribution in [0.15, 0.2) is 33.3 Å². The van der Waals surface area contributed by atoms with E-state index in [2.05, 4.69) is 26.1 Å². The Morgan fingerprint density at radius 2 is 2.11 bits per heavy atom. The van der Waals surface area contributed by atoms with Gasteiger partial charge >= 0.3 is 0 Å². The molecular formula is C14H16BrN3O. The molecule has 3 rings (SSSR count). The Morgan fingerprint density at radius 1 is 1.26 bits per heavy atom. The van der Waals surface area contributed by atoms with Gasteiger partial charge in [-0.1, -0.05) is 39.6 Å². The summed E-state index contributed by atoms with van der Waals surface area (Å²) in [6.07, 6.45) is 4.27. The smallest absolute Gasteiger partial charge is 0.230 e. The molecule has 100 valence electrons. The maximum absolute atomic E-state index is 6.01. The highest BCUT2D eigenvalue weighted by Crippen LogP contribution is 2.33. The van der Waals surface area contributed by atoms with Crippen LogP contribution in [-0.4, -0.2) is 16.2 Å². The van der Waals surface area contributed by atoms with Crippen LogP contribution in [0.1, 0.15) is 37.5 Å². The van der Waals surface area contributed by atoms with Gasteiger partial charge in [0.2, 0.25) is 11.7 Å². The van der Waals surface area contributed by atoms with Gasteiger partial charge in [-0.15, -0.1) is 0 Å². The summed E-state index contributed by atoms with van der Waals surface area (Å²) in [7, 11) is 0. The highest BCUT2D eigenvalue weighted by molar-refractivity contribution is 9.10. The molecule has 0 bridgehead atoms. The van der Waals surface area contributed by atoms with Gasteiger partial charge in [0, 0.05) is 22.0 Å². The van der Waals surface area contributed by atoms with Gasteiger partial charge in [0.05, 0.1) is 0 Å². The molecule has 1 aliphatic rings. The molecule has 1 aliphatic carbocycles. The molecule has 2 aromatic rings. The number of aromatic nitrogens is 2. The summed E-state index contributed by atoms with van der Waals surface area (Å²) in [6.45, 7) is 0. The van der Waals surface area contributed by atoms with E-state index in [4.69, 9.17) is 10.3 Å². The topological polar surface area (TPSA) is 64.9 Å². The Balaban J connectivity index is 1.85. The number of hydrogen-bond acceptors (Lipinski definition) is 4. The molecule has 1 saturated carbocycles. The minimum absolute atomic E-state index is 0.262. The summed E-state index contributed by atoms with van der Waals surface area (Å²) in [6, 6.07) is 8.15. The highest BCUT2D eigenvalue weighted by Gasteiger charge is 2.25. The molecule has 2 N–H and O–H groups in total. The third-order valence-electron chi connectivity index (χ3n) is 3.62. The van der Waals surface area contributed by atoms with E-state index in [9.17, 15) is 0 Å². The predicted molar refractivity (Wildman–Crippen MR) is 76.6 cm³/mol. The summed E-state index contributed by atoms with van der Waals surface area (Å²) in [5, 5.41) is 4.09. The molecule has 1 aromatic carbocycles. The van der Waals surface area contributed by atoms with Crippen LogP contribution in [0.4, 0.5) is 0 Å². The van der Waals surface area contributed by atoms with Crippen molar-refractivity contribution in [1.29, 1.82) is 0 Å². The SMILES string of the molecule is NC1CCCC(c2nc(-c3ccccc3Br)no2)C1. The maximum Gasteiger partial charge on any atom is 0.230 e. The monoisotopic (exact) mass is 321 g/mol. The van der Waals surface area contributed by atoms with Gasteiger partial charge in [0.25, 0.3) is 0 Å². The summed E-state index contributed by atoms with van der Waals surface area (Å²) in [5.74, 6) is 1.68. The lowest BCUT2D eigenvalue weighted by Gasteiger charge is -2.23. The van der Waals surface area contributed by atoms with Crippen molar-refractivity contribution in [3.05, 3.63) is 34.6 Å². The molecule has 2 unspecified atom stereocenters. The standard InChI is InChI=1S/C14H16BrN3O/c15-12-7-2-1-6-11(12)13-17-14(19-18-13)9-4-3-5-10(16)8-9/h1-2,6-7,9-10H,3-5,8,16H2. The zero-order chi connectivity index (χ0) is 13.2. The van der Waals surface area contributed by atoms with Crippen LogP contribution < -0.4 is 5.73 Å². The van der Waals surface area contributed by atoms with Gasteiger partial charge in [-0.05, 0) is 31.4 Å². The molecular weight excluding hydrogens is 306 g/mol. The van der Waals surface area contributed by atoms with E-state index in [0.717, 1.165) is 41.6 Å². The fraction of sp³-hybridized carbons (Fsp3) is 0.429. The van der Waals surface area contributed by atoms with Gasteiger partial charge in [-0.3, -0.25) is 0 Å². The predicted octanol–water partition coefficient (Wildman–Crippen LogP) is 3.48. The third kappa shape index (κ3) is 2.72. The zero-order valence-corrected chi connectivity index (χ0v) is 12.1. The van der Waals surface area contributed by atoms with E-state index < -0.39 is 0 Å². The van der Waals surface area contributed by atoms with Crippen LogP contribution in [0.3, 0.4) is 0 Å². The average molecular weight is 322 g/mol. The molecule has 1 heterocycles. The number of nitrogens with two attached hydrogens (primary N) is 1. The second-order valence-electron chi connectivity index (χ2n) is 5.06. The first-order valence-corrected chi connectivity index (χ1v) is 7.37. The van der Waals surface area contributed by atoms with Crippen molar-refractivity contribution in [3.8, 4) is 11.4 Å². The number of nitrogens with zero attached hydrogens (tertiary/aromatic N) is 2. The number of hydrogen-bond donors (Lipinski definition) is 1. The van der Waals surface area contributed by atoms with Crippen molar-refractivity contribution in [2.24, 2.45) is 5.73 Å².